The van der Waals surface area contributed by atoms with Crippen molar-refractivity contribution in [3.8, 4) is 0 Å². The van der Waals surface area contributed by atoms with E-state index < -0.39 is 5.97 Å². The number of anilines is 1. The molecular weight excluding hydrogens is 256 g/mol. The summed E-state index contributed by atoms with van der Waals surface area (Å²) in [6.45, 7) is 4.79. The Morgan fingerprint density at radius 2 is 2.20 bits per heavy atom. The first kappa shape index (κ1) is 14.1. The molecule has 1 amide bonds. The average molecular weight is 274 g/mol. The number of nitrogens with one attached hydrogen (secondary N) is 1. The minimum absolute atomic E-state index is 0.0593. The summed E-state index contributed by atoms with van der Waals surface area (Å²) in [6.07, 6.45) is 1.71. The second kappa shape index (κ2) is 6.23. The van der Waals surface area contributed by atoms with Crippen molar-refractivity contribution in [2.75, 3.05) is 24.5 Å². The molecule has 0 aliphatic carbocycles. The largest absolute Gasteiger partial charge is 0.481 e. The summed E-state index contributed by atoms with van der Waals surface area (Å²) >= 11 is 0. The van der Waals surface area contributed by atoms with Gasteiger partial charge in [-0.1, -0.05) is 24.3 Å². The van der Waals surface area contributed by atoms with Gasteiger partial charge in [0.25, 0.3) is 0 Å². The normalized spacial score (nSPS) is 16.6. The van der Waals surface area contributed by atoms with Crippen molar-refractivity contribution in [2.24, 2.45) is 0 Å². The molecule has 0 saturated carbocycles. The van der Waals surface area contributed by atoms with E-state index in [9.17, 15) is 9.59 Å². The molecule has 1 aromatic carbocycles. The SMILES string of the molecule is C=CCNC(=O)CN1CC(CC(=O)O)c2ccccc21. The Morgan fingerprint density at radius 3 is 2.90 bits per heavy atom. The second-order valence-electron chi connectivity index (χ2n) is 4.83. The van der Waals surface area contributed by atoms with E-state index in [1.54, 1.807) is 6.08 Å². The summed E-state index contributed by atoms with van der Waals surface area (Å²) in [6, 6.07) is 7.66. The van der Waals surface area contributed by atoms with Gasteiger partial charge >= 0.3 is 5.97 Å². The Hall–Kier alpha value is -2.30. The number of hydrogen-bond acceptors (Lipinski definition) is 3. The van der Waals surface area contributed by atoms with Crippen LogP contribution in [-0.4, -0.2) is 36.6 Å². The number of carboxylic acids is 1. The number of aliphatic carboxylic acids is 1. The molecule has 106 valence electrons. The third-order valence-corrected chi connectivity index (χ3v) is 3.36. The minimum Gasteiger partial charge on any atom is -0.481 e. The molecule has 2 rings (SSSR count). The Bertz CT molecular complexity index is 528. The fourth-order valence-corrected chi connectivity index (χ4v) is 2.53. The van der Waals surface area contributed by atoms with Gasteiger partial charge in [0.2, 0.25) is 5.91 Å². The standard InChI is InChI=1S/C15H18N2O3/c1-2-7-16-14(18)10-17-9-11(8-15(19)20)12-5-3-4-6-13(12)17/h2-6,11H,1,7-10H2,(H,16,18)(H,19,20). The molecular formula is C15H18N2O3. The molecule has 1 aromatic rings. The van der Waals surface area contributed by atoms with Crippen molar-refractivity contribution < 1.29 is 14.7 Å². The smallest absolute Gasteiger partial charge is 0.304 e. The second-order valence-corrected chi connectivity index (χ2v) is 4.83. The van der Waals surface area contributed by atoms with E-state index in [1.165, 1.54) is 0 Å². The van der Waals surface area contributed by atoms with Crippen molar-refractivity contribution in [3.05, 3.63) is 42.5 Å². The lowest BCUT2D eigenvalue weighted by Crippen LogP contribution is -2.36. The van der Waals surface area contributed by atoms with Gasteiger partial charge in [0.1, 0.15) is 0 Å². The zero-order chi connectivity index (χ0) is 14.5. The highest BCUT2D eigenvalue weighted by Gasteiger charge is 2.30. The summed E-state index contributed by atoms with van der Waals surface area (Å²) in [4.78, 5) is 24.6. The molecule has 1 heterocycles. The molecule has 0 radical (unpaired) electrons. The molecule has 0 bridgehead atoms. The first-order valence-electron chi connectivity index (χ1n) is 6.55. The van der Waals surface area contributed by atoms with Gasteiger partial charge in [-0.25, -0.2) is 0 Å². The molecule has 0 aromatic heterocycles. The first-order chi connectivity index (χ1) is 9.61. The lowest BCUT2D eigenvalue weighted by Gasteiger charge is -2.19. The zero-order valence-electron chi connectivity index (χ0n) is 11.2. The maximum Gasteiger partial charge on any atom is 0.304 e. The van der Waals surface area contributed by atoms with Gasteiger partial charge in [0, 0.05) is 24.7 Å². The number of carbonyl (C=O) groups excluding carboxylic acids is 1. The van der Waals surface area contributed by atoms with Crippen LogP contribution in [0.25, 0.3) is 0 Å². The number of fused-ring (bicyclic) bond motifs is 1. The van der Waals surface area contributed by atoms with Gasteiger partial charge in [0.05, 0.1) is 13.0 Å². The number of rotatable bonds is 6. The third kappa shape index (κ3) is 3.17. The van der Waals surface area contributed by atoms with E-state index in [4.69, 9.17) is 5.11 Å². The van der Waals surface area contributed by atoms with Gasteiger partial charge in [0.15, 0.2) is 0 Å². The number of nitrogens with zero attached hydrogens (tertiary/aromatic N) is 1. The average Bonchev–Trinajstić information content (AvgIpc) is 2.74. The molecule has 0 spiro atoms. The third-order valence-electron chi connectivity index (χ3n) is 3.36. The molecule has 0 fully saturated rings. The van der Waals surface area contributed by atoms with Gasteiger partial charge in [-0.2, -0.15) is 0 Å². The lowest BCUT2D eigenvalue weighted by atomic mass is 9.98. The number of amides is 1. The molecule has 5 heteroatoms. The van der Waals surface area contributed by atoms with E-state index in [0.717, 1.165) is 11.3 Å². The molecule has 5 nitrogen and oxygen atoms in total. The number of benzene rings is 1. The van der Waals surface area contributed by atoms with Gasteiger partial charge < -0.3 is 15.3 Å². The van der Waals surface area contributed by atoms with E-state index in [-0.39, 0.29) is 24.8 Å². The number of hydrogen-bond donors (Lipinski definition) is 2. The van der Waals surface area contributed by atoms with Gasteiger partial charge in [-0.05, 0) is 11.6 Å². The minimum atomic E-state index is -0.817. The van der Waals surface area contributed by atoms with Crippen molar-refractivity contribution >= 4 is 17.6 Å². The highest BCUT2D eigenvalue weighted by atomic mass is 16.4. The summed E-state index contributed by atoms with van der Waals surface area (Å²) in [5.74, 6) is -0.964. The molecule has 2 N–H and O–H groups in total. The van der Waals surface area contributed by atoms with Crippen LogP contribution in [0.15, 0.2) is 36.9 Å². The Morgan fingerprint density at radius 1 is 1.45 bits per heavy atom. The van der Waals surface area contributed by atoms with Crippen LogP contribution in [0.2, 0.25) is 0 Å². The van der Waals surface area contributed by atoms with Crippen LogP contribution in [0.5, 0.6) is 0 Å². The van der Waals surface area contributed by atoms with Crippen molar-refractivity contribution in [1.29, 1.82) is 0 Å². The molecule has 1 aliphatic heterocycles. The maximum atomic E-state index is 11.8. The predicted octanol–water partition coefficient (Wildman–Crippen LogP) is 1.37. The van der Waals surface area contributed by atoms with Crippen LogP contribution < -0.4 is 10.2 Å². The lowest BCUT2D eigenvalue weighted by molar-refractivity contribution is -0.137. The van der Waals surface area contributed by atoms with E-state index in [2.05, 4.69) is 11.9 Å². The summed E-state index contributed by atoms with van der Waals surface area (Å²) in [7, 11) is 0. The maximum absolute atomic E-state index is 11.8. The van der Waals surface area contributed by atoms with Crippen LogP contribution in [0.1, 0.15) is 17.9 Å². The quantitative estimate of drug-likeness (QED) is 0.769. The molecule has 20 heavy (non-hydrogen) atoms. The van der Waals surface area contributed by atoms with E-state index >= 15 is 0 Å². The Balaban J connectivity index is 2.10. The van der Waals surface area contributed by atoms with Crippen LogP contribution in [0.4, 0.5) is 5.69 Å². The van der Waals surface area contributed by atoms with Crippen molar-refractivity contribution in [3.63, 3.8) is 0 Å². The highest BCUT2D eigenvalue weighted by molar-refractivity contribution is 5.83. The Kier molecular flexibility index (Phi) is 4.40. The fraction of sp³-hybridized carbons (Fsp3) is 0.333. The zero-order valence-corrected chi connectivity index (χ0v) is 11.2. The Labute approximate surface area is 117 Å². The summed E-state index contributed by atoms with van der Waals surface area (Å²) < 4.78 is 0. The molecule has 1 aliphatic rings. The van der Waals surface area contributed by atoms with Crippen LogP contribution >= 0.6 is 0 Å². The number of para-hydroxylation sites is 1. The summed E-state index contributed by atoms with van der Waals surface area (Å²) in [5.41, 5.74) is 1.96. The van der Waals surface area contributed by atoms with Crippen LogP contribution in [0, 0.1) is 0 Å². The van der Waals surface area contributed by atoms with E-state index in [0.29, 0.717) is 13.1 Å². The first-order valence-corrected chi connectivity index (χ1v) is 6.55. The molecule has 1 atom stereocenters. The number of carbonyl (C=O) groups is 2. The monoisotopic (exact) mass is 274 g/mol. The van der Waals surface area contributed by atoms with Gasteiger partial charge in [-0.15, -0.1) is 6.58 Å². The molecule has 0 saturated heterocycles. The van der Waals surface area contributed by atoms with Crippen LogP contribution in [-0.2, 0) is 9.59 Å². The summed E-state index contributed by atoms with van der Waals surface area (Å²) in [5, 5.41) is 11.7. The number of carboxylic acid groups (broad SMARTS) is 1. The fourth-order valence-electron chi connectivity index (χ4n) is 2.53. The van der Waals surface area contributed by atoms with Crippen molar-refractivity contribution in [2.45, 2.75) is 12.3 Å². The van der Waals surface area contributed by atoms with Crippen molar-refractivity contribution in [1.82, 2.24) is 5.32 Å². The topological polar surface area (TPSA) is 69.6 Å². The van der Waals surface area contributed by atoms with Crippen LogP contribution in [0.3, 0.4) is 0 Å². The van der Waals surface area contributed by atoms with E-state index in [1.807, 2.05) is 29.2 Å². The highest BCUT2D eigenvalue weighted by Crippen LogP contribution is 2.37. The predicted molar refractivity (Wildman–Crippen MR) is 76.9 cm³/mol. The molecule has 1 unspecified atom stereocenters. The van der Waals surface area contributed by atoms with Gasteiger partial charge in [-0.3, -0.25) is 9.59 Å².